The van der Waals surface area contributed by atoms with E-state index in [-0.39, 0.29) is 0 Å². The van der Waals surface area contributed by atoms with Crippen molar-refractivity contribution in [2.75, 3.05) is 30.0 Å². The lowest BCUT2D eigenvalue weighted by molar-refractivity contribution is 0.326. The molecule has 0 aliphatic heterocycles. The lowest BCUT2D eigenvalue weighted by Crippen LogP contribution is -2.12. The fourth-order valence-corrected chi connectivity index (χ4v) is 3.76. The van der Waals surface area contributed by atoms with Crippen molar-refractivity contribution in [1.82, 2.24) is 14.6 Å². The van der Waals surface area contributed by atoms with E-state index in [0.29, 0.717) is 47.7 Å². The van der Waals surface area contributed by atoms with Crippen molar-refractivity contribution >= 4 is 34.1 Å². The topological polar surface area (TPSA) is 136 Å². The molecule has 4 rings (SSSR count). The second-order valence-corrected chi connectivity index (χ2v) is 8.59. The number of nitrogens with two attached hydrogens (primary N) is 1. The van der Waals surface area contributed by atoms with Crippen molar-refractivity contribution in [3.8, 4) is 11.8 Å². The molecule has 0 radical (unpaired) electrons. The molecular weight excluding hydrogens is 402 g/mol. The first-order chi connectivity index (χ1) is 14.6. The van der Waals surface area contributed by atoms with Gasteiger partial charge in [0.1, 0.15) is 41.4 Å². The van der Waals surface area contributed by atoms with Gasteiger partial charge in [0, 0.05) is 29.9 Å². The van der Waals surface area contributed by atoms with Gasteiger partial charge in [-0.3, -0.25) is 0 Å². The molecule has 0 saturated heterocycles. The molecule has 156 valence electrons. The molecular formula is C20H23N7O2S. The van der Waals surface area contributed by atoms with Crippen LogP contribution < -0.4 is 21.1 Å². The first-order valence-electron chi connectivity index (χ1n) is 9.65. The third kappa shape index (κ3) is 4.59. The highest BCUT2D eigenvalue weighted by Gasteiger charge is 2.23. The van der Waals surface area contributed by atoms with E-state index in [0.717, 1.165) is 29.9 Å². The molecule has 1 aliphatic carbocycles. The van der Waals surface area contributed by atoms with Gasteiger partial charge in [0.05, 0.1) is 12.5 Å². The van der Waals surface area contributed by atoms with E-state index in [2.05, 4.69) is 26.8 Å². The van der Waals surface area contributed by atoms with Gasteiger partial charge >= 0.3 is 0 Å². The summed E-state index contributed by atoms with van der Waals surface area (Å²) in [5, 5.41) is 20.4. The lowest BCUT2D eigenvalue weighted by Gasteiger charge is -2.15. The Bertz CT molecular complexity index is 1090. The second kappa shape index (κ2) is 8.79. The summed E-state index contributed by atoms with van der Waals surface area (Å²) in [5.74, 6) is 2.41. The van der Waals surface area contributed by atoms with Crippen molar-refractivity contribution in [2.45, 2.75) is 24.6 Å². The normalized spacial score (nSPS) is 14.3. The van der Waals surface area contributed by atoms with Crippen LogP contribution >= 0.6 is 0 Å². The van der Waals surface area contributed by atoms with Gasteiger partial charge in [0.2, 0.25) is 0 Å². The first-order valence-corrected chi connectivity index (χ1v) is 11.4. The highest BCUT2D eigenvalue weighted by Crippen LogP contribution is 2.30. The van der Waals surface area contributed by atoms with Crippen LogP contribution in [0.3, 0.4) is 0 Å². The number of nitrogens with zero attached hydrogens (tertiary/aromatic N) is 4. The highest BCUT2D eigenvalue weighted by molar-refractivity contribution is 7.89. The number of hydrogen-bond acceptors (Lipinski definition) is 8. The summed E-state index contributed by atoms with van der Waals surface area (Å²) < 4.78 is 19.1. The van der Waals surface area contributed by atoms with Crippen molar-refractivity contribution in [2.24, 2.45) is 5.73 Å². The number of hydrogen-bond donors (Lipinski definition) is 3. The molecule has 9 nitrogen and oxygen atoms in total. The average molecular weight is 426 g/mol. The fraction of sp³-hybridized carbons (Fsp3) is 0.350. The van der Waals surface area contributed by atoms with Crippen LogP contribution in [0.25, 0.3) is 5.65 Å². The van der Waals surface area contributed by atoms with E-state index in [9.17, 15) is 9.81 Å². The van der Waals surface area contributed by atoms with Crippen molar-refractivity contribution in [3.63, 3.8) is 0 Å². The van der Waals surface area contributed by atoms with Gasteiger partial charge in [-0.1, -0.05) is 11.2 Å². The molecule has 30 heavy (non-hydrogen) atoms. The number of nitriles is 1. The molecule has 2 aromatic heterocycles. The molecule has 1 aliphatic rings. The number of rotatable bonds is 9. The molecule has 0 bridgehead atoms. The zero-order valence-electron chi connectivity index (χ0n) is 16.6. The van der Waals surface area contributed by atoms with E-state index in [1.165, 1.54) is 6.20 Å². The quantitative estimate of drug-likeness (QED) is 0.444. The molecule has 0 amide bonds. The Morgan fingerprint density at radius 1 is 1.40 bits per heavy atom. The fourth-order valence-electron chi connectivity index (χ4n) is 3.09. The Kier molecular flexibility index (Phi) is 5.94. The Morgan fingerprint density at radius 3 is 2.93 bits per heavy atom. The van der Waals surface area contributed by atoms with Gasteiger partial charge in [0.25, 0.3) is 0 Å². The van der Waals surface area contributed by atoms with E-state index in [4.69, 9.17) is 10.5 Å². The minimum atomic E-state index is -1.02. The molecule has 4 N–H and O–H groups in total. The van der Waals surface area contributed by atoms with E-state index < -0.39 is 11.2 Å². The number of ether oxygens (including phenoxy) is 1. The summed E-state index contributed by atoms with van der Waals surface area (Å²) in [7, 11) is 0. The summed E-state index contributed by atoms with van der Waals surface area (Å²) >= 11 is -1.02. The van der Waals surface area contributed by atoms with Crippen molar-refractivity contribution in [3.05, 3.63) is 41.6 Å². The van der Waals surface area contributed by atoms with Crippen LogP contribution in [0.1, 0.15) is 24.0 Å². The van der Waals surface area contributed by atoms with Crippen LogP contribution in [0.4, 0.5) is 17.3 Å². The zero-order chi connectivity index (χ0) is 21.1. The zero-order valence-corrected chi connectivity index (χ0v) is 17.4. The number of nitrogens with one attached hydrogen (secondary N) is 2. The standard InChI is InChI=1S/C20H23N7O2S/c1-30(28)12-13-8-16(4-5-17(13)29-7-6-21)24-18-9-19(25-15-2-3-15)27-20(26-18)14(10-22)11-23-27/h4-5,8-9,11,15,25H,2-3,6-7,12,21H2,1H3,(H,24,26). The van der Waals surface area contributed by atoms with E-state index in [1.54, 1.807) is 10.8 Å². The average Bonchev–Trinajstić information content (AvgIpc) is 3.43. The van der Waals surface area contributed by atoms with Crippen LogP contribution in [0, 0.1) is 11.3 Å². The maximum absolute atomic E-state index is 11.8. The van der Waals surface area contributed by atoms with Gasteiger partial charge in [-0.25, -0.2) is 4.98 Å². The molecule has 1 saturated carbocycles. The minimum absolute atomic E-state index is 0.373. The summed E-state index contributed by atoms with van der Waals surface area (Å²) in [5.41, 5.74) is 8.04. The molecule has 1 aromatic carbocycles. The van der Waals surface area contributed by atoms with Crippen LogP contribution in [-0.4, -0.2) is 44.6 Å². The first kappa shape index (κ1) is 20.3. The van der Waals surface area contributed by atoms with Gasteiger partial charge < -0.3 is 25.7 Å². The predicted molar refractivity (Wildman–Crippen MR) is 116 cm³/mol. The Hall–Kier alpha value is -3.00. The maximum Gasteiger partial charge on any atom is 0.177 e. The highest BCUT2D eigenvalue weighted by atomic mass is 32.2. The lowest BCUT2D eigenvalue weighted by atomic mass is 10.2. The van der Waals surface area contributed by atoms with E-state index in [1.807, 2.05) is 24.3 Å². The van der Waals surface area contributed by atoms with Crippen molar-refractivity contribution < 1.29 is 9.29 Å². The summed E-state index contributed by atoms with van der Waals surface area (Å²) in [6.07, 6.45) is 5.39. The van der Waals surface area contributed by atoms with Crippen LogP contribution in [0.15, 0.2) is 30.5 Å². The number of benzene rings is 1. The Balaban J connectivity index is 1.66. The van der Waals surface area contributed by atoms with Crippen molar-refractivity contribution in [1.29, 1.82) is 5.26 Å². The van der Waals surface area contributed by atoms with Crippen LogP contribution in [-0.2, 0) is 16.9 Å². The predicted octanol–water partition coefficient (Wildman–Crippen LogP) is 2.13. The number of aromatic nitrogens is 3. The SMILES string of the molecule is C[S+]([O-])Cc1cc(Nc2cc(NC3CC3)n3ncc(C#N)c3n2)ccc1OCCN. The number of fused-ring (bicyclic) bond motifs is 1. The molecule has 10 heteroatoms. The summed E-state index contributed by atoms with van der Waals surface area (Å²) in [4.78, 5) is 4.57. The van der Waals surface area contributed by atoms with Gasteiger partial charge in [0.15, 0.2) is 5.65 Å². The largest absolute Gasteiger partial charge is 0.616 e. The minimum Gasteiger partial charge on any atom is -0.616 e. The molecule has 0 spiro atoms. The van der Waals surface area contributed by atoms with Gasteiger partial charge in [-0.2, -0.15) is 14.9 Å². The monoisotopic (exact) mass is 425 g/mol. The summed E-state index contributed by atoms with van der Waals surface area (Å²) in [6.45, 7) is 0.796. The maximum atomic E-state index is 11.8. The smallest absolute Gasteiger partial charge is 0.177 e. The second-order valence-electron chi connectivity index (χ2n) is 7.15. The van der Waals surface area contributed by atoms with Gasteiger partial charge in [-0.15, -0.1) is 0 Å². The molecule has 1 atom stereocenters. The van der Waals surface area contributed by atoms with E-state index >= 15 is 0 Å². The molecule has 3 aromatic rings. The molecule has 2 heterocycles. The Labute approximate surface area is 177 Å². The summed E-state index contributed by atoms with van der Waals surface area (Å²) in [6, 6.07) is 10.0. The van der Waals surface area contributed by atoms with Crippen LogP contribution in [0.2, 0.25) is 0 Å². The molecule has 1 unspecified atom stereocenters. The number of anilines is 3. The third-order valence-electron chi connectivity index (χ3n) is 4.59. The Morgan fingerprint density at radius 2 is 2.23 bits per heavy atom. The third-order valence-corrected chi connectivity index (χ3v) is 5.31. The molecule has 1 fully saturated rings. The van der Waals surface area contributed by atoms with Crippen LogP contribution in [0.5, 0.6) is 5.75 Å². The van der Waals surface area contributed by atoms with Gasteiger partial charge in [-0.05, 0) is 31.0 Å².